The quantitative estimate of drug-likeness (QED) is 0.616. The largest absolute Gasteiger partial charge is 0.437 e. The first-order chi connectivity index (χ1) is 7.68. The minimum atomic E-state index is -0.343. The van der Waals surface area contributed by atoms with Crippen LogP contribution in [0.25, 0.3) is 5.57 Å². The molecule has 1 aliphatic heterocycles. The van der Waals surface area contributed by atoms with Gasteiger partial charge in [0.25, 0.3) is 0 Å². The first kappa shape index (κ1) is 11.8. The van der Waals surface area contributed by atoms with Gasteiger partial charge in [-0.2, -0.15) is 0 Å². The van der Waals surface area contributed by atoms with Gasteiger partial charge in [-0.25, -0.2) is 0 Å². The van der Waals surface area contributed by atoms with Gasteiger partial charge in [0.1, 0.15) is 0 Å². The van der Waals surface area contributed by atoms with Crippen LogP contribution in [0.4, 0.5) is 0 Å². The molecule has 1 unspecified atom stereocenters. The highest BCUT2D eigenvalue weighted by Gasteiger charge is 2.19. The van der Waals surface area contributed by atoms with Crippen LogP contribution in [0.5, 0.6) is 0 Å². The highest BCUT2D eigenvalue weighted by Crippen LogP contribution is 2.22. The molecular formula is C12H17BNOP. The third kappa shape index (κ3) is 2.54. The Balaban J connectivity index is 2.16. The smallest absolute Gasteiger partial charge is 0.376 e. The Morgan fingerprint density at radius 2 is 2.12 bits per heavy atom. The highest BCUT2D eigenvalue weighted by atomic mass is 31.0. The second kappa shape index (κ2) is 5.14. The molecule has 1 aromatic carbocycles. The van der Waals surface area contributed by atoms with Gasteiger partial charge in [-0.1, -0.05) is 30.3 Å². The second-order valence-corrected chi connectivity index (χ2v) is 4.82. The number of benzene rings is 1. The fourth-order valence-electron chi connectivity index (χ4n) is 2.06. The monoisotopic (exact) mass is 233 g/mol. The Morgan fingerprint density at radius 3 is 2.69 bits per heavy atom. The van der Waals surface area contributed by atoms with Crippen LogP contribution >= 0.6 is 9.24 Å². The minimum absolute atomic E-state index is 0.343. The van der Waals surface area contributed by atoms with E-state index in [1.165, 1.54) is 16.4 Å². The first-order valence-electron chi connectivity index (χ1n) is 5.64. The Labute approximate surface area is 99.7 Å². The van der Waals surface area contributed by atoms with Crippen molar-refractivity contribution in [2.75, 3.05) is 13.1 Å². The number of hydrogen-bond acceptors (Lipinski definition) is 2. The van der Waals surface area contributed by atoms with Crippen LogP contribution < -0.4 is 5.30 Å². The van der Waals surface area contributed by atoms with E-state index in [0.29, 0.717) is 0 Å². The lowest BCUT2D eigenvalue weighted by Gasteiger charge is -2.27. The van der Waals surface area contributed by atoms with Crippen LogP contribution in [-0.4, -0.2) is 30.0 Å². The average Bonchev–Trinajstić information content (AvgIpc) is 2.30. The summed E-state index contributed by atoms with van der Waals surface area (Å²) in [5.74, 6) is 0. The van der Waals surface area contributed by atoms with E-state index in [9.17, 15) is 5.02 Å². The highest BCUT2D eigenvalue weighted by molar-refractivity contribution is 7.27. The van der Waals surface area contributed by atoms with Crippen molar-refractivity contribution in [2.45, 2.75) is 13.2 Å². The third-order valence-electron chi connectivity index (χ3n) is 3.08. The van der Waals surface area contributed by atoms with Crippen molar-refractivity contribution in [2.24, 2.45) is 0 Å². The van der Waals surface area contributed by atoms with Gasteiger partial charge in [0.15, 0.2) is 0 Å². The predicted molar refractivity (Wildman–Crippen MR) is 73.8 cm³/mol. The SMILES string of the molecule is CB(O)N1CC=C(c2ccccc2P)CC1. The van der Waals surface area contributed by atoms with Crippen molar-refractivity contribution >= 4 is 27.2 Å². The van der Waals surface area contributed by atoms with E-state index < -0.39 is 0 Å². The Kier molecular flexibility index (Phi) is 3.80. The zero-order valence-electron chi connectivity index (χ0n) is 9.56. The zero-order valence-corrected chi connectivity index (χ0v) is 10.7. The molecule has 0 aromatic heterocycles. The maximum atomic E-state index is 9.48. The van der Waals surface area contributed by atoms with Crippen LogP contribution in [0, 0.1) is 0 Å². The fraction of sp³-hybridized carbons (Fsp3) is 0.333. The second-order valence-electron chi connectivity index (χ2n) is 4.19. The van der Waals surface area contributed by atoms with Crippen LogP contribution in [0.3, 0.4) is 0 Å². The molecule has 0 amide bonds. The summed E-state index contributed by atoms with van der Waals surface area (Å²) in [7, 11) is 2.44. The molecule has 16 heavy (non-hydrogen) atoms. The number of nitrogens with zero attached hydrogens (tertiary/aromatic N) is 1. The Hall–Kier alpha value is -0.625. The molecule has 0 radical (unpaired) electrons. The van der Waals surface area contributed by atoms with Crippen molar-refractivity contribution in [3.63, 3.8) is 0 Å². The lowest BCUT2D eigenvalue weighted by atomic mass is 9.82. The molecule has 0 spiro atoms. The summed E-state index contributed by atoms with van der Waals surface area (Å²) in [6, 6.07) is 8.40. The molecule has 1 aliphatic rings. The summed E-state index contributed by atoms with van der Waals surface area (Å²) in [6.45, 7) is 3.59. The van der Waals surface area contributed by atoms with Crippen LogP contribution in [0.1, 0.15) is 12.0 Å². The lowest BCUT2D eigenvalue weighted by Crippen LogP contribution is -2.40. The van der Waals surface area contributed by atoms with Crippen molar-refractivity contribution < 1.29 is 5.02 Å². The molecule has 0 fully saturated rings. The van der Waals surface area contributed by atoms with Gasteiger partial charge in [-0.3, -0.25) is 0 Å². The maximum absolute atomic E-state index is 9.48. The Bertz CT molecular complexity index is 406. The van der Waals surface area contributed by atoms with Crippen LogP contribution in [0.15, 0.2) is 30.3 Å². The van der Waals surface area contributed by atoms with Crippen molar-refractivity contribution in [1.82, 2.24) is 4.81 Å². The molecule has 2 rings (SSSR count). The molecule has 0 saturated carbocycles. The molecule has 0 bridgehead atoms. The summed E-state index contributed by atoms with van der Waals surface area (Å²) in [4.78, 5) is 2.06. The molecule has 1 N–H and O–H groups in total. The molecule has 1 aromatic rings. The van der Waals surface area contributed by atoms with E-state index in [4.69, 9.17) is 0 Å². The fourth-order valence-corrected chi connectivity index (χ4v) is 2.45. The molecule has 4 heteroatoms. The molecule has 1 atom stereocenters. The third-order valence-corrected chi connectivity index (χ3v) is 3.58. The summed E-state index contributed by atoms with van der Waals surface area (Å²) < 4.78 is 0. The van der Waals surface area contributed by atoms with E-state index in [1.54, 1.807) is 0 Å². The van der Waals surface area contributed by atoms with Gasteiger partial charge in [-0.15, -0.1) is 9.24 Å². The molecule has 1 heterocycles. The summed E-state index contributed by atoms with van der Waals surface area (Å²) >= 11 is 0. The lowest BCUT2D eigenvalue weighted by molar-refractivity contribution is 0.392. The van der Waals surface area contributed by atoms with Crippen molar-refractivity contribution in [3.8, 4) is 0 Å². The summed E-state index contributed by atoms with van der Waals surface area (Å²) in [6.07, 6.45) is 3.23. The van der Waals surface area contributed by atoms with E-state index in [-0.39, 0.29) is 7.05 Å². The molecule has 0 aliphatic carbocycles. The van der Waals surface area contributed by atoms with Gasteiger partial charge in [0.2, 0.25) is 0 Å². The van der Waals surface area contributed by atoms with Gasteiger partial charge in [0.05, 0.1) is 0 Å². The summed E-state index contributed by atoms with van der Waals surface area (Å²) in [5, 5.41) is 10.7. The molecule has 0 saturated heterocycles. The normalized spacial score (nSPS) is 17.1. The Morgan fingerprint density at radius 1 is 1.38 bits per heavy atom. The molecular weight excluding hydrogens is 216 g/mol. The van der Waals surface area contributed by atoms with Crippen LogP contribution in [0.2, 0.25) is 6.82 Å². The molecule has 84 valence electrons. The van der Waals surface area contributed by atoms with Gasteiger partial charge in [-0.05, 0) is 36.2 Å². The number of rotatable bonds is 2. The van der Waals surface area contributed by atoms with Crippen LogP contribution in [-0.2, 0) is 0 Å². The van der Waals surface area contributed by atoms with E-state index in [0.717, 1.165) is 19.5 Å². The topological polar surface area (TPSA) is 23.5 Å². The average molecular weight is 233 g/mol. The predicted octanol–water partition coefficient (Wildman–Crippen LogP) is 1.39. The maximum Gasteiger partial charge on any atom is 0.376 e. The van der Waals surface area contributed by atoms with E-state index in [1.807, 2.05) is 6.82 Å². The molecule has 2 nitrogen and oxygen atoms in total. The van der Waals surface area contributed by atoms with Gasteiger partial charge in [0, 0.05) is 6.54 Å². The first-order valence-corrected chi connectivity index (χ1v) is 6.22. The standard InChI is InChI=1S/C12H17BNOP/c1-13(15)14-8-6-10(7-9-14)11-4-2-3-5-12(11)16/h2-6,15H,7-9,16H2,1H3. The van der Waals surface area contributed by atoms with Crippen molar-refractivity contribution in [3.05, 3.63) is 35.9 Å². The zero-order chi connectivity index (χ0) is 11.5. The number of hydrogen-bond donors (Lipinski definition) is 1. The summed E-state index contributed by atoms with van der Waals surface area (Å²) in [5.41, 5.74) is 2.71. The van der Waals surface area contributed by atoms with Gasteiger partial charge >= 0.3 is 7.05 Å². The minimum Gasteiger partial charge on any atom is -0.437 e. The van der Waals surface area contributed by atoms with Crippen molar-refractivity contribution in [1.29, 1.82) is 0 Å². The van der Waals surface area contributed by atoms with E-state index in [2.05, 4.69) is 44.4 Å². The van der Waals surface area contributed by atoms with Gasteiger partial charge < -0.3 is 9.83 Å². The van der Waals surface area contributed by atoms with E-state index >= 15 is 0 Å².